The van der Waals surface area contributed by atoms with Gasteiger partial charge in [-0.05, 0) is 43.9 Å². The fraction of sp³-hybridized carbons (Fsp3) is 0.812. The average molecular weight is 231 g/mol. The number of hydrogen-bond acceptors (Lipinski definition) is 0. The SMILES string of the molecule is [C-]#[N+][C@]1(C)CC[C@H](C(C)C)[C@H]2C=C(C)CC[C@@H]21. The van der Waals surface area contributed by atoms with Crippen molar-refractivity contribution in [3.63, 3.8) is 0 Å². The van der Waals surface area contributed by atoms with Crippen molar-refractivity contribution in [1.82, 2.24) is 0 Å². The van der Waals surface area contributed by atoms with Gasteiger partial charge in [0.2, 0.25) is 5.54 Å². The van der Waals surface area contributed by atoms with Crippen LogP contribution in [-0.4, -0.2) is 5.54 Å². The lowest BCUT2D eigenvalue weighted by Gasteiger charge is -2.45. The zero-order chi connectivity index (χ0) is 12.6. The molecule has 2 aliphatic carbocycles. The minimum absolute atomic E-state index is 0.0900. The summed E-state index contributed by atoms with van der Waals surface area (Å²) in [5.74, 6) is 2.81. The van der Waals surface area contributed by atoms with Crippen LogP contribution < -0.4 is 0 Å². The van der Waals surface area contributed by atoms with Gasteiger partial charge >= 0.3 is 0 Å². The van der Waals surface area contributed by atoms with Gasteiger partial charge in [-0.1, -0.05) is 25.5 Å². The molecular weight excluding hydrogens is 206 g/mol. The lowest BCUT2D eigenvalue weighted by molar-refractivity contribution is 0.0861. The minimum Gasteiger partial charge on any atom is -0.310 e. The monoisotopic (exact) mass is 231 g/mol. The first-order chi connectivity index (χ1) is 7.98. The topological polar surface area (TPSA) is 4.36 Å². The summed E-state index contributed by atoms with van der Waals surface area (Å²) in [6.07, 6.45) is 7.28. The molecule has 17 heavy (non-hydrogen) atoms. The summed E-state index contributed by atoms with van der Waals surface area (Å²) in [6, 6.07) is 0. The average Bonchev–Trinajstić information content (AvgIpc) is 2.28. The van der Waals surface area contributed by atoms with E-state index in [1.165, 1.54) is 19.3 Å². The highest BCUT2D eigenvalue weighted by molar-refractivity contribution is 5.17. The van der Waals surface area contributed by atoms with Crippen LogP contribution in [0.15, 0.2) is 11.6 Å². The van der Waals surface area contributed by atoms with Gasteiger partial charge < -0.3 is 4.85 Å². The van der Waals surface area contributed by atoms with Crippen LogP contribution in [0, 0.1) is 30.2 Å². The third-order valence-corrected chi connectivity index (χ3v) is 5.18. The molecule has 0 aromatic carbocycles. The van der Waals surface area contributed by atoms with Crippen LogP contribution in [0.3, 0.4) is 0 Å². The van der Waals surface area contributed by atoms with Gasteiger partial charge in [-0.15, -0.1) is 0 Å². The Kier molecular flexibility index (Phi) is 3.34. The second kappa shape index (κ2) is 4.48. The van der Waals surface area contributed by atoms with E-state index in [1.807, 2.05) is 0 Å². The van der Waals surface area contributed by atoms with Gasteiger partial charge in [-0.3, -0.25) is 0 Å². The molecule has 0 unspecified atom stereocenters. The number of rotatable bonds is 1. The van der Waals surface area contributed by atoms with Crippen LogP contribution in [0.1, 0.15) is 53.4 Å². The Hall–Kier alpha value is -0.770. The van der Waals surface area contributed by atoms with E-state index in [9.17, 15) is 0 Å². The van der Waals surface area contributed by atoms with Crippen molar-refractivity contribution in [2.45, 2.75) is 58.9 Å². The molecule has 0 N–H and O–H groups in total. The number of hydrogen-bond donors (Lipinski definition) is 0. The number of allylic oxidation sites excluding steroid dienone is 2. The maximum absolute atomic E-state index is 7.54. The molecule has 1 saturated carbocycles. The molecule has 0 aromatic heterocycles. The maximum atomic E-state index is 7.54. The van der Waals surface area contributed by atoms with E-state index in [4.69, 9.17) is 6.57 Å². The van der Waals surface area contributed by atoms with Crippen molar-refractivity contribution in [3.8, 4) is 0 Å². The molecule has 0 heterocycles. The first-order valence-electron chi connectivity index (χ1n) is 7.04. The number of fused-ring (bicyclic) bond motifs is 1. The summed E-state index contributed by atoms with van der Waals surface area (Å²) in [5, 5.41) is 0. The Labute approximate surface area is 106 Å². The highest BCUT2D eigenvalue weighted by Gasteiger charge is 2.51. The zero-order valence-corrected chi connectivity index (χ0v) is 11.7. The van der Waals surface area contributed by atoms with Crippen molar-refractivity contribution in [2.24, 2.45) is 23.7 Å². The summed E-state index contributed by atoms with van der Waals surface area (Å²) >= 11 is 0. The third kappa shape index (κ3) is 2.15. The molecule has 0 aromatic rings. The second-order valence-electron chi connectivity index (χ2n) is 6.65. The molecule has 1 nitrogen and oxygen atoms in total. The highest BCUT2D eigenvalue weighted by atomic mass is 14.8. The first kappa shape index (κ1) is 12.7. The van der Waals surface area contributed by atoms with Gasteiger partial charge in [0.15, 0.2) is 0 Å². The van der Waals surface area contributed by atoms with Crippen LogP contribution >= 0.6 is 0 Å². The van der Waals surface area contributed by atoms with Crippen LogP contribution in [0.5, 0.6) is 0 Å². The lowest BCUT2D eigenvalue weighted by Crippen LogP contribution is -2.46. The molecule has 2 rings (SSSR count). The van der Waals surface area contributed by atoms with Crippen LogP contribution in [0.4, 0.5) is 0 Å². The molecular formula is C16H25N. The molecule has 0 bridgehead atoms. The molecule has 2 aliphatic rings. The van der Waals surface area contributed by atoms with E-state index in [2.05, 4.69) is 38.6 Å². The summed E-state index contributed by atoms with van der Waals surface area (Å²) in [7, 11) is 0. The standard InChI is InChI=1S/C16H25N/c1-11(2)13-8-9-16(4,17-5)15-7-6-12(3)10-14(13)15/h10-11,13-15H,6-9H2,1-4H3/t13-,14-,15+,16-/m1/s1. The summed E-state index contributed by atoms with van der Waals surface area (Å²) in [5.41, 5.74) is 1.46. The van der Waals surface area contributed by atoms with E-state index in [0.717, 1.165) is 18.3 Å². The molecule has 94 valence electrons. The van der Waals surface area contributed by atoms with Crippen molar-refractivity contribution in [3.05, 3.63) is 23.1 Å². The summed E-state index contributed by atoms with van der Waals surface area (Å²) in [6.45, 7) is 16.7. The van der Waals surface area contributed by atoms with Crippen molar-refractivity contribution in [1.29, 1.82) is 0 Å². The van der Waals surface area contributed by atoms with E-state index >= 15 is 0 Å². The molecule has 4 atom stereocenters. The van der Waals surface area contributed by atoms with Crippen molar-refractivity contribution in [2.75, 3.05) is 0 Å². The summed E-state index contributed by atoms with van der Waals surface area (Å²) in [4.78, 5) is 4.00. The van der Waals surface area contributed by atoms with E-state index in [0.29, 0.717) is 11.8 Å². The highest BCUT2D eigenvalue weighted by Crippen LogP contribution is 2.51. The maximum Gasteiger partial charge on any atom is 0.233 e. The molecule has 0 aliphatic heterocycles. The van der Waals surface area contributed by atoms with Crippen LogP contribution in [0.25, 0.3) is 4.85 Å². The first-order valence-corrected chi connectivity index (χ1v) is 7.04. The largest absolute Gasteiger partial charge is 0.310 e. The van der Waals surface area contributed by atoms with Gasteiger partial charge in [0.25, 0.3) is 0 Å². The van der Waals surface area contributed by atoms with Gasteiger partial charge in [-0.25, -0.2) is 6.57 Å². The fourth-order valence-corrected chi connectivity index (χ4v) is 4.00. The van der Waals surface area contributed by atoms with Gasteiger partial charge in [0, 0.05) is 19.3 Å². The fourth-order valence-electron chi connectivity index (χ4n) is 4.00. The molecule has 1 heteroatoms. The molecule has 0 saturated heterocycles. The minimum atomic E-state index is -0.0900. The molecule has 0 spiro atoms. The van der Waals surface area contributed by atoms with Crippen molar-refractivity contribution >= 4 is 0 Å². The molecule has 0 amide bonds. The normalized spacial score (nSPS) is 41.6. The Bertz CT molecular complexity index is 360. The second-order valence-corrected chi connectivity index (χ2v) is 6.65. The predicted molar refractivity (Wildman–Crippen MR) is 72.5 cm³/mol. The Balaban J connectivity index is 2.33. The zero-order valence-electron chi connectivity index (χ0n) is 11.7. The van der Waals surface area contributed by atoms with Crippen molar-refractivity contribution < 1.29 is 0 Å². The summed E-state index contributed by atoms with van der Waals surface area (Å²) < 4.78 is 0. The number of nitrogens with zero attached hydrogens (tertiary/aromatic N) is 1. The van der Waals surface area contributed by atoms with E-state index < -0.39 is 0 Å². The smallest absolute Gasteiger partial charge is 0.233 e. The molecule has 0 radical (unpaired) electrons. The van der Waals surface area contributed by atoms with Crippen LogP contribution in [0.2, 0.25) is 0 Å². The van der Waals surface area contributed by atoms with Gasteiger partial charge in [-0.2, -0.15) is 0 Å². The Morgan fingerprint density at radius 3 is 2.71 bits per heavy atom. The predicted octanol–water partition coefficient (Wildman–Crippen LogP) is 4.70. The van der Waals surface area contributed by atoms with Crippen LogP contribution in [-0.2, 0) is 0 Å². The Morgan fingerprint density at radius 1 is 1.41 bits per heavy atom. The molecule has 1 fully saturated rings. The lowest BCUT2D eigenvalue weighted by atomic mass is 9.57. The quantitative estimate of drug-likeness (QED) is 0.455. The third-order valence-electron chi connectivity index (χ3n) is 5.18. The Morgan fingerprint density at radius 2 is 2.12 bits per heavy atom. The van der Waals surface area contributed by atoms with Gasteiger partial charge in [0.05, 0.1) is 0 Å². The van der Waals surface area contributed by atoms with E-state index in [-0.39, 0.29) is 5.54 Å². The van der Waals surface area contributed by atoms with E-state index in [1.54, 1.807) is 5.57 Å². The van der Waals surface area contributed by atoms with Gasteiger partial charge in [0.1, 0.15) is 0 Å².